The van der Waals surface area contributed by atoms with Crippen LogP contribution in [-0.4, -0.2) is 81.0 Å². The summed E-state index contributed by atoms with van der Waals surface area (Å²) in [4.78, 5) is 80.8. The first-order chi connectivity index (χ1) is 14.7. The lowest BCUT2D eigenvalue weighted by Crippen LogP contribution is -2.57. The van der Waals surface area contributed by atoms with Crippen LogP contribution in [0.2, 0.25) is 0 Å². The Morgan fingerprint density at radius 1 is 0.719 bits per heavy atom. The van der Waals surface area contributed by atoms with E-state index in [1.54, 1.807) is 0 Å². The molecular formula is C17H27N5O10. The highest BCUT2D eigenvalue weighted by Gasteiger charge is 2.31. The molecule has 0 aromatic carbocycles. The van der Waals surface area contributed by atoms with E-state index in [-0.39, 0.29) is 12.8 Å². The molecule has 0 saturated carbocycles. The molecule has 15 nitrogen and oxygen atoms in total. The van der Waals surface area contributed by atoms with Crippen LogP contribution in [0.1, 0.15) is 39.0 Å². The van der Waals surface area contributed by atoms with Crippen molar-refractivity contribution in [2.75, 3.05) is 0 Å². The molecule has 10 N–H and O–H groups in total. The quantitative estimate of drug-likeness (QED) is 0.118. The summed E-state index contributed by atoms with van der Waals surface area (Å²) in [6.45, 7) is 1.32. The van der Waals surface area contributed by atoms with E-state index < -0.39 is 85.0 Å². The van der Waals surface area contributed by atoms with Crippen LogP contribution in [0.4, 0.5) is 0 Å². The van der Waals surface area contributed by atoms with E-state index in [1.807, 2.05) is 5.32 Å². The van der Waals surface area contributed by atoms with E-state index in [0.29, 0.717) is 0 Å². The molecule has 4 unspecified atom stereocenters. The minimum absolute atomic E-state index is 0.361. The van der Waals surface area contributed by atoms with E-state index in [1.165, 1.54) is 6.92 Å². The summed E-state index contributed by atoms with van der Waals surface area (Å²) >= 11 is 0. The average molecular weight is 461 g/mol. The number of nitrogens with two attached hydrogens (primary N) is 2. The predicted molar refractivity (Wildman–Crippen MR) is 105 cm³/mol. The van der Waals surface area contributed by atoms with Crippen LogP contribution in [0.5, 0.6) is 0 Å². The van der Waals surface area contributed by atoms with Crippen LogP contribution in [0.25, 0.3) is 0 Å². The van der Waals surface area contributed by atoms with Crippen molar-refractivity contribution in [3.05, 3.63) is 0 Å². The highest BCUT2D eigenvalue weighted by molar-refractivity contribution is 5.95. The van der Waals surface area contributed by atoms with Gasteiger partial charge in [-0.25, -0.2) is 4.79 Å². The van der Waals surface area contributed by atoms with Crippen LogP contribution < -0.4 is 27.4 Å². The van der Waals surface area contributed by atoms with Gasteiger partial charge in [-0.05, 0) is 19.8 Å². The zero-order chi connectivity index (χ0) is 25.0. The van der Waals surface area contributed by atoms with Crippen molar-refractivity contribution in [2.24, 2.45) is 11.5 Å². The van der Waals surface area contributed by atoms with Gasteiger partial charge in [0.1, 0.15) is 18.1 Å². The number of hydrogen-bond donors (Lipinski definition) is 8. The fourth-order valence-electron chi connectivity index (χ4n) is 2.31. The summed E-state index contributed by atoms with van der Waals surface area (Å²) < 4.78 is 0. The average Bonchev–Trinajstić information content (AvgIpc) is 2.66. The van der Waals surface area contributed by atoms with Crippen LogP contribution in [0, 0.1) is 0 Å². The maximum atomic E-state index is 12.6. The van der Waals surface area contributed by atoms with Crippen molar-refractivity contribution in [1.29, 1.82) is 0 Å². The summed E-state index contributed by atoms with van der Waals surface area (Å²) in [7, 11) is 0. The molecule has 0 bridgehead atoms. The fourth-order valence-corrected chi connectivity index (χ4v) is 2.31. The molecule has 15 heteroatoms. The predicted octanol–water partition coefficient (Wildman–Crippen LogP) is -3.52. The fraction of sp³-hybridized carbons (Fsp3) is 0.588. The zero-order valence-corrected chi connectivity index (χ0v) is 17.2. The molecular weight excluding hydrogens is 434 g/mol. The van der Waals surface area contributed by atoms with Gasteiger partial charge >= 0.3 is 17.9 Å². The second kappa shape index (κ2) is 13.5. The maximum absolute atomic E-state index is 12.6. The Hall–Kier alpha value is -3.75. The number of rotatable bonds is 15. The van der Waals surface area contributed by atoms with Gasteiger partial charge in [0.2, 0.25) is 23.6 Å². The molecule has 32 heavy (non-hydrogen) atoms. The van der Waals surface area contributed by atoms with E-state index in [4.69, 9.17) is 26.8 Å². The van der Waals surface area contributed by atoms with Crippen LogP contribution in [-0.2, 0) is 33.6 Å². The summed E-state index contributed by atoms with van der Waals surface area (Å²) in [6, 6.07) is -5.81. The van der Waals surface area contributed by atoms with Crippen molar-refractivity contribution in [3.63, 3.8) is 0 Å². The first-order valence-electron chi connectivity index (χ1n) is 9.36. The minimum atomic E-state index is -1.83. The Bertz CT molecular complexity index is 754. The van der Waals surface area contributed by atoms with Gasteiger partial charge in [0.25, 0.3) is 0 Å². The SMILES string of the molecule is CC(N)C(=O)NC(CCC(=O)O)C(=O)NC(CCC(N)=O)C(=O)NC(CC(=O)O)C(=O)O. The highest BCUT2D eigenvalue weighted by Crippen LogP contribution is 2.05. The normalized spacial score (nSPS) is 14.2. The molecule has 0 aliphatic rings. The van der Waals surface area contributed by atoms with Gasteiger partial charge in [-0.3, -0.25) is 28.8 Å². The van der Waals surface area contributed by atoms with Gasteiger partial charge in [-0.1, -0.05) is 0 Å². The second-order valence-electron chi connectivity index (χ2n) is 6.85. The molecule has 0 aliphatic heterocycles. The molecule has 0 aliphatic carbocycles. The van der Waals surface area contributed by atoms with Crippen LogP contribution in [0.15, 0.2) is 0 Å². The summed E-state index contributed by atoms with van der Waals surface area (Å²) in [6.07, 6.45) is -2.61. The zero-order valence-electron chi connectivity index (χ0n) is 17.2. The molecule has 0 aromatic heterocycles. The monoisotopic (exact) mass is 461 g/mol. The third-order valence-corrected chi connectivity index (χ3v) is 4.00. The van der Waals surface area contributed by atoms with Crippen molar-refractivity contribution in [2.45, 2.75) is 63.2 Å². The smallest absolute Gasteiger partial charge is 0.326 e. The van der Waals surface area contributed by atoms with E-state index in [9.17, 15) is 33.6 Å². The van der Waals surface area contributed by atoms with Gasteiger partial charge in [0.15, 0.2) is 0 Å². The Morgan fingerprint density at radius 2 is 1.16 bits per heavy atom. The molecule has 0 rings (SSSR count). The van der Waals surface area contributed by atoms with Crippen molar-refractivity contribution in [3.8, 4) is 0 Å². The Morgan fingerprint density at radius 3 is 1.53 bits per heavy atom. The molecule has 0 spiro atoms. The van der Waals surface area contributed by atoms with Gasteiger partial charge in [0.05, 0.1) is 12.5 Å². The Kier molecular flexibility index (Phi) is 11.9. The first kappa shape index (κ1) is 28.2. The molecule has 0 heterocycles. The molecule has 0 fully saturated rings. The summed E-state index contributed by atoms with van der Waals surface area (Å²) in [5.74, 6) is -8.17. The van der Waals surface area contributed by atoms with Gasteiger partial charge in [-0.2, -0.15) is 0 Å². The number of amides is 4. The third kappa shape index (κ3) is 11.4. The second-order valence-corrected chi connectivity index (χ2v) is 6.85. The number of aliphatic carboxylic acids is 3. The Labute approximate surface area is 181 Å². The van der Waals surface area contributed by atoms with Crippen LogP contribution >= 0.6 is 0 Å². The Balaban J connectivity index is 5.56. The van der Waals surface area contributed by atoms with E-state index in [0.717, 1.165) is 0 Å². The lowest BCUT2D eigenvalue weighted by atomic mass is 10.1. The minimum Gasteiger partial charge on any atom is -0.481 e. The molecule has 0 aromatic rings. The number of nitrogens with one attached hydrogen (secondary N) is 3. The molecule has 180 valence electrons. The molecule has 4 atom stereocenters. The van der Waals surface area contributed by atoms with Crippen molar-refractivity contribution < 1.29 is 48.9 Å². The number of carboxylic acid groups (broad SMARTS) is 3. The van der Waals surface area contributed by atoms with Crippen molar-refractivity contribution >= 4 is 41.5 Å². The lowest BCUT2D eigenvalue weighted by molar-refractivity contribution is -0.147. The lowest BCUT2D eigenvalue weighted by Gasteiger charge is -2.24. The van der Waals surface area contributed by atoms with Crippen molar-refractivity contribution in [1.82, 2.24) is 16.0 Å². The third-order valence-electron chi connectivity index (χ3n) is 4.00. The molecule has 0 saturated heterocycles. The molecule has 0 radical (unpaired) electrons. The van der Waals surface area contributed by atoms with Crippen LogP contribution in [0.3, 0.4) is 0 Å². The highest BCUT2D eigenvalue weighted by atomic mass is 16.4. The maximum Gasteiger partial charge on any atom is 0.326 e. The standard InChI is InChI=1S/C17H27N5O10/c1-7(18)14(28)20-9(3-5-12(24)25)15(29)21-8(2-4-11(19)23)16(30)22-10(17(31)32)6-13(26)27/h7-10H,2-6,18H2,1H3,(H2,19,23)(H,20,28)(H,21,29)(H,22,30)(H,24,25)(H,26,27)(H,31,32). The number of carbonyl (C=O) groups is 7. The molecule has 4 amide bonds. The van der Waals surface area contributed by atoms with E-state index >= 15 is 0 Å². The van der Waals surface area contributed by atoms with Gasteiger partial charge < -0.3 is 42.7 Å². The largest absolute Gasteiger partial charge is 0.481 e. The number of primary amides is 1. The number of carbonyl (C=O) groups excluding carboxylic acids is 4. The number of hydrogen-bond acceptors (Lipinski definition) is 8. The van der Waals surface area contributed by atoms with E-state index in [2.05, 4.69) is 10.6 Å². The topological polar surface area (TPSA) is 268 Å². The van der Waals surface area contributed by atoms with Gasteiger partial charge in [-0.15, -0.1) is 0 Å². The summed E-state index contributed by atoms with van der Waals surface area (Å²) in [5.41, 5.74) is 10.5. The summed E-state index contributed by atoms with van der Waals surface area (Å²) in [5, 5.41) is 33.0. The first-order valence-corrected chi connectivity index (χ1v) is 9.36. The van der Waals surface area contributed by atoms with Gasteiger partial charge in [0, 0.05) is 12.8 Å². The number of carboxylic acids is 3.